The Morgan fingerprint density at radius 3 is 2.44 bits per heavy atom. The number of hydrogen-bond acceptors (Lipinski definition) is 5. The monoisotopic (exact) mass is 497 g/mol. The molecule has 0 aliphatic rings. The molecule has 2 aromatic heterocycles. The molecule has 11 heteroatoms. The van der Waals surface area contributed by atoms with E-state index < -0.39 is 25.5 Å². The molecule has 32 heavy (non-hydrogen) atoms. The molecule has 0 N–H and O–H groups in total. The molecule has 0 spiro atoms. The van der Waals surface area contributed by atoms with Crippen LogP contribution in [0.5, 0.6) is 0 Å². The molecule has 4 rings (SSSR count). The first-order valence-electron chi connectivity index (χ1n) is 9.73. The number of imidazole rings is 1. The molecule has 0 saturated heterocycles. The fraction of sp³-hybridized carbons (Fsp3) is 0.286. The van der Waals surface area contributed by atoms with E-state index in [0.29, 0.717) is 40.2 Å². The lowest BCUT2D eigenvalue weighted by Crippen LogP contribution is -2.12. The molecule has 0 fully saturated rings. The third-order valence-corrected chi connectivity index (χ3v) is 7.59. The average Bonchev–Trinajstić information content (AvgIpc) is 3.18. The van der Waals surface area contributed by atoms with Gasteiger partial charge in [0.15, 0.2) is 9.84 Å². The van der Waals surface area contributed by atoms with E-state index in [1.807, 2.05) is 10.6 Å². The van der Waals surface area contributed by atoms with Crippen molar-refractivity contribution in [3.63, 3.8) is 0 Å². The molecule has 0 bridgehead atoms. The van der Waals surface area contributed by atoms with Gasteiger partial charge in [-0.15, -0.1) is 0 Å². The summed E-state index contributed by atoms with van der Waals surface area (Å²) < 4.78 is 65.2. The molecule has 0 radical (unpaired) electrons. The van der Waals surface area contributed by atoms with Crippen LogP contribution in [0.15, 0.2) is 47.5 Å². The van der Waals surface area contributed by atoms with Gasteiger partial charge in [-0.25, -0.2) is 26.2 Å². The topological polar surface area (TPSA) is 91.0 Å². The largest absolute Gasteiger partial charge is 0.339 e. The molecule has 0 saturated carbocycles. The normalized spacial score (nSPS) is 12.8. The van der Waals surface area contributed by atoms with Gasteiger partial charge in [-0.3, -0.25) is 0 Å². The van der Waals surface area contributed by atoms with Gasteiger partial charge < -0.3 is 9.13 Å². The first kappa shape index (κ1) is 22.8. The minimum Gasteiger partial charge on any atom is -0.339 e. The highest BCUT2D eigenvalue weighted by Crippen LogP contribution is 2.28. The first-order chi connectivity index (χ1) is 14.9. The molecule has 170 valence electrons. The molecule has 7 nitrogen and oxygen atoms in total. The van der Waals surface area contributed by atoms with Gasteiger partial charge in [0.05, 0.1) is 28.2 Å². The quantitative estimate of drug-likeness (QED) is 0.388. The summed E-state index contributed by atoms with van der Waals surface area (Å²) in [4.78, 5) is 4.70. The van der Waals surface area contributed by atoms with Gasteiger partial charge in [0, 0.05) is 41.2 Å². The van der Waals surface area contributed by atoms with E-state index >= 15 is 0 Å². The van der Waals surface area contributed by atoms with Crippen molar-refractivity contribution in [2.75, 3.05) is 18.3 Å². The highest BCUT2D eigenvalue weighted by atomic mass is 35.5. The Hall–Kier alpha value is -2.43. The van der Waals surface area contributed by atoms with Crippen LogP contribution in [0.1, 0.15) is 12.2 Å². The summed E-state index contributed by atoms with van der Waals surface area (Å²) in [6.07, 6.45) is 4.15. The van der Waals surface area contributed by atoms with Gasteiger partial charge in [-0.2, -0.15) is 0 Å². The third kappa shape index (κ3) is 4.67. The van der Waals surface area contributed by atoms with Crippen LogP contribution >= 0.6 is 11.6 Å². The molecule has 0 atom stereocenters. The summed E-state index contributed by atoms with van der Waals surface area (Å²) in [6.45, 7) is 0.621. The molecular formula is C21H21ClFN3O4S2. The van der Waals surface area contributed by atoms with Crippen molar-refractivity contribution in [3.8, 4) is 0 Å². The minimum atomic E-state index is -3.59. The van der Waals surface area contributed by atoms with Crippen LogP contribution < -0.4 is 0 Å². The second-order valence-electron chi connectivity index (χ2n) is 7.85. The Bertz CT molecular complexity index is 1560. The first-order valence-corrected chi connectivity index (χ1v) is 14.1. The lowest BCUT2D eigenvalue weighted by atomic mass is 10.2. The lowest BCUT2D eigenvalue weighted by Gasteiger charge is -2.11. The van der Waals surface area contributed by atoms with Crippen molar-refractivity contribution in [2.45, 2.75) is 24.4 Å². The second-order valence-corrected chi connectivity index (χ2v) is 12.5. The van der Waals surface area contributed by atoms with E-state index in [1.54, 1.807) is 16.7 Å². The van der Waals surface area contributed by atoms with Crippen molar-refractivity contribution in [2.24, 2.45) is 0 Å². The van der Waals surface area contributed by atoms with Crippen molar-refractivity contribution in [1.82, 2.24) is 14.1 Å². The summed E-state index contributed by atoms with van der Waals surface area (Å²) in [5.74, 6) is 0.115. The van der Waals surface area contributed by atoms with Crippen LogP contribution in [-0.4, -0.2) is 49.2 Å². The predicted octanol–water partition coefficient (Wildman–Crippen LogP) is 3.67. The highest BCUT2D eigenvalue weighted by molar-refractivity contribution is 7.91. The van der Waals surface area contributed by atoms with Crippen LogP contribution in [0.4, 0.5) is 4.39 Å². The zero-order chi connectivity index (χ0) is 23.3. The number of fused-ring (bicyclic) bond motifs is 2. The summed E-state index contributed by atoms with van der Waals surface area (Å²) in [5, 5.41) is 0.821. The molecule has 2 aromatic carbocycles. The zero-order valence-electron chi connectivity index (χ0n) is 17.4. The molecule has 0 aliphatic carbocycles. The van der Waals surface area contributed by atoms with Crippen molar-refractivity contribution in [1.29, 1.82) is 0 Å². The SMILES string of the molecule is CS(=O)(=O)CCCn1c(Cn2cc(S(C)(=O)=O)c3cc(F)ccc32)nc2cc(Cl)ccc21. The van der Waals surface area contributed by atoms with Crippen LogP contribution in [-0.2, 0) is 32.8 Å². The van der Waals surface area contributed by atoms with Gasteiger partial charge in [-0.1, -0.05) is 11.6 Å². The number of nitrogens with zero attached hydrogens (tertiary/aromatic N) is 3. The summed E-state index contributed by atoms with van der Waals surface area (Å²) >= 11 is 6.12. The molecule has 0 unspecified atom stereocenters. The lowest BCUT2D eigenvalue weighted by molar-refractivity contribution is 0.587. The Labute approximate surface area is 190 Å². The Kier molecular flexibility index (Phi) is 5.81. The van der Waals surface area contributed by atoms with Crippen LogP contribution in [0.25, 0.3) is 21.9 Å². The third-order valence-electron chi connectivity index (χ3n) is 5.20. The number of aromatic nitrogens is 3. The minimum absolute atomic E-state index is 0.0314. The van der Waals surface area contributed by atoms with Crippen molar-refractivity contribution in [3.05, 3.63) is 59.3 Å². The van der Waals surface area contributed by atoms with E-state index in [4.69, 9.17) is 11.6 Å². The standard InChI is InChI=1S/C21H21ClFN3O4S2/c1-31(27,28)9-3-8-26-19-6-4-14(22)10-17(19)24-21(26)13-25-12-20(32(2,29)30)16-11-15(23)5-7-18(16)25/h4-7,10-12H,3,8-9,13H2,1-2H3. The van der Waals surface area contributed by atoms with Gasteiger partial charge in [-0.05, 0) is 42.8 Å². The van der Waals surface area contributed by atoms with E-state index in [1.165, 1.54) is 30.7 Å². The Morgan fingerprint density at radius 2 is 1.75 bits per heavy atom. The van der Waals surface area contributed by atoms with Crippen LogP contribution in [0, 0.1) is 5.82 Å². The fourth-order valence-electron chi connectivity index (χ4n) is 3.82. The second kappa shape index (κ2) is 8.17. The van der Waals surface area contributed by atoms with Crippen LogP contribution in [0.2, 0.25) is 5.02 Å². The average molecular weight is 498 g/mol. The van der Waals surface area contributed by atoms with Crippen LogP contribution in [0.3, 0.4) is 0 Å². The molecule has 0 aliphatic heterocycles. The maximum atomic E-state index is 13.8. The number of benzene rings is 2. The van der Waals surface area contributed by atoms with Crippen molar-refractivity contribution < 1.29 is 21.2 Å². The maximum absolute atomic E-state index is 13.8. The number of aryl methyl sites for hydroxylation is 1. The van der Waals surface area contributed by atoms with E-state index in [9.17, 15) is 21.2 Å². The van der Waals surface area contributed by atoms with Gasteiger partial charge in [0.2, 0.25) is 0 Å². The van der Waals surface area contributed by atoms with Gasteiger partial charge in [0.1, 0.15) is 21.5 Å². The Balaban J connectivity index is 1.82. The summed E-state index contributed by atoms with van der Waals surface area (Å²) in [6, 6.07) is 9.29. The highest BCUT2D eigenvalue weighted by Gasteiger charge is 2.20. The Morgan fingerprint density at radius 1 is 1.03 bits per heavy atom. The van der Waals surface area contributed by atoms with E-state index in [0.717, 1.165) is 11.8 Å². The predicted molar refractivity (Wildman–Crippen MR) is 123 cm³/mol. The van der Waals surface area contributed by atoms with E-state index in [2.05, 4.69) is 4.98 Å². The number of hydrogen-bond donors (Lipinski definition) is 0. The van der Waals surface area contributed by atoms with Crippen molar-refractivity contribution >= 4 is 53.2 Å². The summed E-state index contributed by atoms with van der Waals surface area (Å²) in [5.41, 5.74) is 2.00. The number of halogens is 2. The fourth-order valence-corrected chi connectivity index (χ4v) is 5.52. The van der Waals surface area contributed by atoms with Gasteiger partial charge in [0.25, 0.3) is 0 Å². The number of rotatable bonds is 7. The smallest absolute Gasteiger partial charge is 0.177 e. The molecule has 4 aromatic rings. The van der Waals surface area contributed by atoms with E-state index in [-0.39, 0.29) is 17.2 Å². The summed E-state index contributed by atoms with van der Waals surface area (Å²) in [7, 11) is -6.70. The number of sulfone groups is 2. The maximum Gasteiger partial charge on any atom is 0.177 e. The molecular weight excluding hydrogens is 477 g/mol. The van der Waals surface area contributed by atoms with Gasteiger partial charge >= 0.3 is 0 Å². The molecule has 2 heterocycles. The molecule has 0 amide bonds. The zero-order valence-corrected chi connectivity index (χ0v) is 19.8.